The van der Waals surface area contributed by atoms with Crippen molar-refractivity contribution in [2.45, 2.75) is 25.8 Å². The maximum atomic E-state index is 13.9. The van der Waals surface area contributed by atoms with E-state index in [1.807, 2.05) is 25.1 Å². The van der Waals surface area contributed by atoms with E-state index < -0.39 is 11.9 Å². The topological polar surface area (TPSA) is 102 Å². The van der Waals surface area contributed by atoms with Crippen LogP contribution in [0.3, 0.4) is 0 Å². The molecule has 3 aromatic rings. The quantitative estimate of drug-likeness (QED) is 0.480. The highest BCUT2D eigenvalue weighted by Gasteiger charge is 2.39. The molecule has 0 aliphatic carbocycles. The molecule has 8 nitrogen and oxygen atoms in total. The second kappa shape index (κ2) is 10.4. The van der Waals surface area contributed by atoms with Gasteiger partial charge >= 0.3 is 5.97 Å². The minimum Gasteiger partial charge on any atom is -0.493 e. The molecule has 4 rings (SSSR count). The Kier molecular flexibility index (Phi) is 7.26. The van der Waals surface area contributed by atoms with E-state index in [0.29, 0.717) is 40.7 Å². The molecule has 1 atom stereocenters. The Labute approximate surface area is 213 Å². The molecule has 2 N–H and O–H groups in total. The number of ether oxygens (including phenoxy) is 4. The number of carbonyl (C=O) groups is 1. The predicted octanol–water partition coefficient (Wildman–Crippen LogP) is 3.94. The van der Waals surface area contributed by atoms with E-state index in [1.165, 1.54) is 7.11 Å². The van der Waals surface area contributed by atoms with E-state index in [2.05, 4.69) is 0 Å². The number of pyridine rings is 1. The Morgan fingerprint density at radius 1 is 1.08 bits per heavy atom. The number of methoxy groups -OCH3 is 3. The van der Waals surface area contributed by atoms with Crippen LogP contribution in [0.1, 0.15) is 28.3 Å². The van der Waals surface area contributed by atoms with Gasteiger partial charge in [0.1, 0.15) is 11.3 Å². The first-order valence-corrected chi connectivity index (χ1v) is 11.6. The molecule has 1 aliphatic rings. The van der Waals surface area contributed by atoms with Crippen molar-refractivity contribution in [2.75, 3.05) is 21.3 Å². The van der Waals surface area contributed by atoms with Gasteiger partial charge in [0.15, 0.2) is 11.5 Å². The molecular weight excluding hydrogens is 484 g/mol. The maximum absolute atomic E-state index is 13.9. The highest BCUT2D eigenvalue weighted by Crippen LogP contribution is 2.43. The number of esters is 1. The summed E-state index contributed by atoms with van der Waals surface area (Å²) in [4.78, 5) is 26.7. The van der Waals surface area contributed by atoms with Gasteiger partial charge < -0.3 is 29.2 Å². The summed E-state index contributed by atoms with van der Waals surface area (Å²) in [5, 5.41) is 0.390. The number of aryl methyl sites for hydroxylation is 2. The normalized spacial score (nSPS) is 14.6. The Bertz CT molecular complexity index is 1410. The van der Waals surface area contributed by atoms with Gasteiger partial charge in [-0.05, 0) is 42.7 Å². The fourth-order valence-electron chi connectivity index (χ4n) is 4.47. The monoisotopic (exact) mass is 510 g/mol. The summed E-state index contributed by atoms with van der Waals surface area (Å²) in [6.45, 7) is 2.20. The lowest BCUT2D eigenvalue weighted by molar-refractivity contribution is -0.136. The van der Waals surface area contributed by atoms with E-state index in [9.17, 15) is 9.59 Å². The first-order chi connectivity index (χ1) is 17.3. The average molecular weight is 511 g/mol. The first kappa shape index (κ1) is 25.2. The number of nitrogens with two attached hydrogens (primary N) is 1. The van der Waals surface area contributed by atoms with Crippen LogP contribution in [-0.4, -0.2) is 31.9 Å². The Morgan fingerprint density at radius 3 is 2.47 bits per heavy atom. The molecule has 0 saturated heterocycles. The van der Waals surface area contributed by atoms with Crippen molar-refractivity contribution in [3.8, 4) is 17.2 Å². The molecule has 0 unspecified atom stereocenters. The molecule has 1 aromatic heterocycles. The van der Waals surface area contributed by atoms with Gasteiger partial charge in [-0.2, -0.15) is 0 Å². The molecule has 36 heavy (non-hydrogen) atoms. The van der Waals surface area contributed by atoms with Crippen LogP contribution in [0, 0.1) is 6.92 Å². The lowest BCUT2D eigenvalue weighted by atomic mass is 9.83. The van der Waals surface area contributed by atoms with Crippen LogP contribution in [0.2, 0.25) is 5.02 Å². The molecular formula is C27H27ClN2O6. The molecule has 2 heterocycles. The maximum Gasteiger partial charge on any atom is 0.340 e. The van der Waals surface area contributed by atoms with E-state index in [1.54, 1.807) is 49.1 Å². The Morgan fingerprint density at radius 2 is 1.81 bits per heavy atom. The molecule has 2 aromatic carbocycles. The Hall–Kier alpha value is -3.91. The molecule has 9 heteroatoms. The number of hydrogen-bond acceptors (Lipinski definition) is 7. The Balaban J connectivity index is 1.81. The summed E-state index contributed by atoms with van der Waals surface area (Å²) in [6.07, 6.45) is 0.555. The molecule has 0 amide bonds. The standard InChI is InChI=1S/C27H27ClN2O6/c1-15-13-21-23(26(31)30(15)12-11-16-9-10-19(33-2)20(14-16)34-3)22(17-7-5-6-8-18(17)28)24(25(29)36-21)27(32)35-4/h5-10,13-14,22H,11-12,29H2,1-4H3/t22-/m0/s1. The molecule has 188 valence electrons. The van der Waals surface area contributed by atoms with Crippen LogP contribution in [0.4, 0.5) is 0 Å². The molecule has 0 radical (unpaired) electrons. The number of nitrogens with zero attached hydrogens (tertiary/aromatic N) is 1. The van der Waals surface area contributed by atoms with Gasteiger partial charge in [0.05, 0.1) is 32.8 Å². The van der Waals surface area contributed by atoms with Crippen molar-refractivity contribution in [2.24, 2.45) is 5.73 Å². The minimum absolute atomic E-state index is 0.0329. The third-order valence-electron chi connectivity index (χ3n) is 6.26. The van der Waals surface area contributed by atoms with Crippen molar-refractivity contribution in [1.82, 2.24) is 4.57 Å². The zero-order valence-electron chi connectivity index (χ0n) is 20.5. The van der Waals surface area contributed by atoms with Crippen LogP contribution in [0.15, 0.2) is 64.8 Å². The second-order valence-corrected chi connectivity index (χ2v) is 8.69. The highest BCUT2D eigenvalue weighted by atomic mass is 35.5. The minimum atomic E-state index is -0.852. The third-order valence-corrected chi connectivity index (χ3v) is 6.61. The van der Waals surface area contributed by atoms with Gasteiger partial charge in [0.25, 0.3) is 5.56 Å². The van der Waals surface area contributed by atoms with Crippen molar-refractivity contribution >= 4 is 17.6 Å². The molecule has 1 aliphatic heterocycles. The number of halogens is 1. The van der Waals surface area contributed by atoms with Gasteiger partial charge in [0, 0.05) is 23.3 Å². The molecule has 0 saturated carbocycles. The van der Waals surface area contributed by atoms with E-state index in [4.69, 9.17) is 36.3 Å². The zero-order chi connectivity index (χ0) is 26.0. The number of aromatic nitrogens is 1. The van der Waals surface area contributed by atoms with Gasteiger partial charge in [-0.3, -0.25) is 4.79 Å². The smallest absolute Gasteiger partial charge is 0.340 e. The number of rotatable bonds is 7. The molecule has 0 fully saturated rings. The summed E-state index contributed by atoms with van der Waals surface area (Å²) < 4.78 is 23.1. The number of fused-ring (bicyclic) bond motifs is 1. The number of hydrogen-bond donors (Lipinski definition) is 1. The lowest BCUT2D eigenvalue weighted by Crippen LogP contribution is -2.35. The van der Waals surface area contributed by atoms with Crippen LogP contribution in [0.5, 0.6) is 17.2 Å². The summed E-state index contributed by atoms with van der Waals surface area (Å²) in [7, 11) is 4.40. The lowest BCUT2D eigenvalue weighted by Gasteiger charge is -2.29. The third kappa shape index (κ3) is 4.52. The van der Waals surface area contributed by atoms with Crippen LogP contribution in [-0.2, 0) is 22.5 Å². The van der Waals surface area contributed by atoms with Crippen LogP contribution in [0.25, 0.3) is 0 Å². The number of benzene rings is 2. The largest absolute Gasteiger partial charge is 0.493 e. The fourth-order valence-corrected chi connectivity index (χ4v) is 4.71. The van der Waals surface area contributed by atoms with E-state index >= 15 is 0 Å². The van der Waals surface area contributed by atoms with Crippen LogP contribution < -0.4 is 25.5 Å². The van der Waals surface area contributed by atoms with Crippen molar-refractivity contribution < 1.29 is 23.7 Å². The summed E-state index contributed by atoms with van der Waals surface area (Å²) in [5.74, 6) is -0.144. The van der Waals surface area contributed by atoms with Gasteiger partial charge in [-0.1, -0.05) is 35.9 Å². The van der Waals surface area contributed by atoms with Gasteiger partial charge in [-0.15, -0.1) is 0 Å². The summed E-state index contributed by atoms with van der Waals surface area (Å²) in [6, 6.07) is 14.4. The second-order valence-electron chi connectivity index (χ2n) is 8.29. The zero-order valence-corrected chi connectivity index (χ0v) is 21.2. The van der Waals surface area contributed by atoms with Crippen molar-refractivity contribution in [3.63, 3.8) is 0 Å². The fraction of sp³-hybridized carbons (Fsp3) is 0.259. The van der Waals surface area contributed by atoms with E-state index in [-0.39, 0.29) is 28.3 Å². The van der Waals surface area contributed by atoms with Gasteiger partial charge in [0.2, 0.25) is 5.88 Å². The molecule has 0 spiro atoms. The summed E-state index contributed by atoms with van der Waals surface area (Å²) in [5.41, 5.74) is 8.37. The summed E-state index contributed by atoms with van der Waals surface area (Å²) >= 11 is 6.52. The molecule has 0 bridgehead atoms. The van der Waals surface area contributed by atoms with Crippen LogP contribution >= 0.6 is 11.6 Å². The van der Waals surface area contributed by atoms with Crippen molar-refractivity contribution in [3.05, 3.63) is 97.7 Å². The van der Waals surface area contributed by atoms with Gasteiger partial charge in [-0.25, -0.2) is 4.79 Å². The van der Waals surface area contributed by atoms with E-state index in [0.717, 1.165) is 5.56 Å². The average Bonchev–Trinajstić information content (AvgIpc) is 2.87. The van der Waals surface area contributed by atoms with Crippen molar-refractivity contribution in [1.29, 1.82) is 0 Å². The number of carbonyl (C=O) groups excluding carboxylic acids is 1. The SMILES string of the molecule is COC(=O)C1=C(N)Oc2cc(C)n(CCc3ccc(OC)c(OC)c3)c(=O)c2[C@@H]1c1ccccc1Cl. The predicted molar refractivity (Wildman–Crippen MR) is 136 cm³/mol. The highest BCUT2D eigenvalue weighted by molar-refractivity contribution is 6.31. The first-order valence-electron chi connectivity index (χ1n) is 11.3.